The molecule has 150 valence electrons. The van der Waals surface area contributed by atoms with Gasteiger partial charge >= 0.3 is 0 Å². The molecule has 0 spiro atoms. The first-order valence-electron chi connectivity index (χ1n) is 9.34. The van der Waals surface area contributed by atoms with Crippen molar-refractivity contribution >= 4 is 27.3 Å². The third-order valence-electron chi connectivity index (χ3n) is 4.73. The highest BCUT2D eigenvalue weighted by molar-refractivity contribution is 7.92. The van der Waals surface area contributed by atoms with E-state index in [-0.39, 0.29) is 10.8 Å². The highest BCUT2D eigenvalue weighted by Gasteiger charge is 2.21. The van der Waals surface area contributed by atoms with Crippen molar-refractivity contribution in [1.29, 1.82) is 0 Å². The summed E-state index contributed by atoms with van der Waals surface area (Å²) in [5.41, 5.74) is 2.85. The van der Waals surface area contributed by atoms with E-state index in [0.29, 0.717) is 22.9 Å². The summed E-state index contributed by atoms with van der Waals surface area (Å²) in [6.07, 6.45) is 0. The van der Waals surface area contributed by atoms with Crippen LogP contribution < -0.4 is 9.62 Å². The zero-order chi connectivity index (χ0) is 21.0. The Kier molecular flexibility index (Phi) is 6.03. The molecule has 0 aliphatic carbocycles. The number of nitrogens with one attached hydrogen (secondary N) is 1. The second-order valence-corrected chi connectivity index (χ2v) is 9.03. The first-order chi connectivity index (χ1) is 13.8. The number of amides is 1. The Morgan fingerprint density at radius 1 is 0.862 bits per heavy atom. The summed E-state index contributed by atoms with van der Waals surface area (Å²) in [7, 11) is -2.16. The molecule has 0 saturated heterocycles. The van der Waals surface area contributed by atoms with E-state index in [2.05, 4.69) is 19.2 Å². The molecule has 1 N–H and O–H groups in total. The summed E-state index contributed by atoms with van der Waals surface area (Å²) in [6.45, 7) is 4.23. The Balaban J connectivity index is 1.73. The van der Waals surface area contributed by atoms with Crippen molar-refractivity contribution in [2.45, 2.75) is 24.7 Å². The fourth-order valence-electron chi connectivity index (χ4n) is 2.87. The van der Waals surface area contributed by atoms with Crippen LogP contribution in [-0.4, -0.2) is 21.4 Å². The lowest BCUT2D eigenvalue weighted by molar-refractivity contribution is 0.102. The monoisotopic (exact) mass is 408 g/mol. The predicted molar refractivity (Wildman–Crippen MR) is 117 cm³/mol. The van der Waals surface area contributed by atoms with Gasteiger partial charge in [-0.25, -0.2) is 8.42 Å². The molecule has 0 aliphatic heterocycles. The molecule has 0 saturated carbocycles. The van der Waals surface area contributed by atoms with E-state index in [0.717, 1.165) is 0 Å². The van der Waals surface area contributed by atoms with Crippen LogP contribution in [0.4, 0.5) is 11.4 Å². The maximum atomic E-state index is 12.7. The van der Waals surface area contributed by atoms with E-state index >= 15 is 0 Å². The predicted octanol–water partition coefficient (Wildman–Crippen LogP) is 4.89. The van der Waals surface area contributed by atoms with Crippen LogP contribution in [0.3, 0.4) is 0 Å². The van der Waals surface area contributed by atoms with Gasteiger partial charge in [-0.2, -0.15) is 0 Å². The standard InChI is InChI=1S/C23H24N2O3S/c1-17(2)18-9-13-20(14-10-18)24-23(26)19-11-15-21(16-12-19)25(3)29(27,28)22-7-5-4-6-8-22/h4-17H,1-3H3,(H,24,26). The highest BCUT2D eigenvalue weighted by Crippen LogP contribution is 2.23. The van der Waals surface area contributed by atoms with Crippen molar-refractivity contribution in [1.82, 2.24) is 0 Å². The number of rotatable bonds is 6. The average Bonchev–Trinajstić information content (AvgIpc) is 2.74. The van der Waals surface area contributed by atoms with Crippen LogP contribution in [0, 0.1) is 0 Å². The fourth-order valence-corrected chi connectivity index (χ4v) is 4.08. The topological polar surface area (TPSA) is 66.5 Å². The van der Waals surface area contributed by atoms with Gasteiger partial charge in [0.1, 0.15) is 0 Å². The molecule has 3 aromatic rings. The van der Waals surface area contributed by atoms with E-state index in [9.17, 15) is 13.2 Å². The molecule has 1 amide bonds. The lowest BCUT2D eigenvalue weighted by Crippen LogP contribution is -2.26. The van der Waals surface area contributed by atoms with Crippen molar-refractivity contribution in [2.75, 3.05) is 16.7 Å². The summed E-state index contributed by atoms with van der Waals surface area (Å²) >= 11 is 0. The summed E-state index contributed by atoms with van der Waals surface area (Å²) in [6, 6.07) is 22.5. The number of anilines is 2. The minimum Gasteiger partial charge on any atom is -0.322 e. The Morgan fingerprint density at radius 3 is 2.00 bits per heavy atom. The van der Waals surface area contributed by atoms with Crippen molar-refractivity contribution in [2.24, 2.45) is 0 Å². The molecule has 3 aromatic carbocycles. The van der Waals surface area contributed by atoms with Crippen LogP contribution in [0.5, 0.6) is 0 Å². The molecule has 0 heterocycles. The van der Waals surface area contributed by atoms with E-state index < -0.39 is 10.0 Å². The summed E-state index contributed by atoms with van der Waals surface area (Å²) in [5, 5.41) is 2.86. The summed E-state index contributed by atoms with van der Waals surface area (Å²) in [5.74, 6) is 0.180. The molecule has 0 aromatic heterocycles. The molecule has 0 unspecified atom stereocenters. The van der Waals surface area contributed by atoms with Crippen LogP contribution in [-0.2, 0) is 10.0 Å². The van der Waals surface area contributed by atoms with Crippen LogP contribution in [0.1, 0.15) is 35.7 Å². The van der Waals surface area contributed by atoms with Crippen LogP contribution in [0.15, 0.2) is 83.8 Å². The van der Waals surface area contributed by atoms with E-state index in [1.54, 1.807) is 54.6 Å². The number of nitrogens with zero attached hydrogens (tertiary/aromatic N) is 1. The molecule has 0 radical (unpaired) electrons. The Hall–Kier alpha value is -3.12. The van der Waals surface area contributed by atoms with Gasteiger partial charge in [0.2, 0.25) is 0 Å². The SMILES string of the molecule is CC(C)c1ccc(NC(=O)c2ccc(N(C)S(=O)(=O)c3ccccc3)cc2)cc1. The van der Waals surface area contributed by atoms with Gasteiger partial charge in [-0.3, -0.25) is 9.10 Å². The fraction of sp³-hybridized carbons (Fsp3) is 0.174. The van der Waals surface area contributed by atoms with Gasteiger partial charge in [0.05, 0.1) is 10.6 Å². The molecule has 5 nitrogen and oxygen atoms in total. The number of sulfonamides is 1. The molecular weight excluding hydrogens is 384 g/mol. The number of hydrogen-bond donors (Lipinski definition) is 1. The summed E-state index contributed by atoms with van der Waals surface area (Å²) < 4.78 is 26.6. The third-order valence-corrected chi connectivity index (χ3v) is 6.53. The van der Waals surface area contributed by atoms with Gasteiger partial charge in [0.15, 0.2) is 0 Å². The second kappa shape index (κ2) is 8.49. The number of benzene rings is 3. The summed E-state index contributed by atoms with van der Waals surface area (Å²) in [4.78, 5) is 12.7. The van der Waals surface area contributed by atoms with Crippen molar-refractivity contribution < 1.29 is 13.2 Å². The van der Waals surface area contributed by atoms with Gasteiger partial charge < -0.3 is 5.32 Å². The zero-order valence-electron chi connectivity index (χ0n) is 16.7. The number of carbonyl (C=O) groups excluding carboxylic acids is 1. The third kappa shape index (κ3) is 4.66. The second-order valence-electron chi connectivity index (χ2n) is 7.06. The smallest absolute Gasteiger partial charge is 0.264 e. The lowest BCUT2D eigenvalue weighted by Gasteiger charge is -2.19. The minimum atomic E-state index is -3.65. The van der Waals surface area contributed by atoms with Gasteiger partial charge in [0.25, 0.3) is 15.9 Å². The maximum Gasteiger partial charge on any atom is 0.264 e. The maximum absolute atomic E-state index is 12.7. The Bertz CT molecular complexity index is 1080. The van der Waals surface area contributed by atoms with E-state index in [1.165, 1.54) is 16.9 Å². The minimum absolute atomic E-state index is 0.217. The first kappa shape index (κ1) is 20.6. The van der Waals surface area contributed by atoms with Gasteiger partial charge in [-0.1, -0.05) is 44.2 Å². The first-order valence-corrected chi connectivity index (χ1v) is 10.8. The van der Waals surface area contributed by atoms with Gasteiger partial charge in [-0.05, 0) is 60.0 Å². The number of carbonyl (C=O) groups is 1. The van der Waals surface area contributed by atoms with Gasteiger partial charge in [-0.15, -0.1) is 0 Å². The van der Waals surface area contributed by atoms with Crippen LogP contribution in [0.2, 0.25) is 0 Å². The van der Waals surface area contributed by atoms with Crippen molar-refractivity contribution in [3.8, 4) is 0 Å². The van der Waals surface area contributed by atoms with E-state index in [1.807, 2.05) is 24.3 Å². The molecule has 29 heavy (non-hydrogen) atoms. The lowest BCUT2D eigenvalue weighted by atomic mass is 10.0. The molecular formula is C23H24N2O3S. The van der Waals surface area contributed by atoms with Crippen molar-refractivity contribution in [3.05, 3.63) is 90.0 Å². The van der Waals surface area contributed by atoms with Gasteiger partial charge in [0, 0.05) is 18.3 Å². The quantitative estimate of drug-likeness (QED) is 0.632. The largest absolute Gasteiger partial charge is 0.322 e. The Labute approximate surface area is 172 Å². The average molecular weight is 409 g/mol. The zero-order valence-corrected chi connectivity index (χ0v) is 17.5. The molecule has 0 atom stereocenters. The molecule has 3 rings (SSSR count). The van der Waals surface area contributed by atoms with Crippen LogP contribution >= 0.6 is 0 Å². The molecule has 0 fully saturated rings. The highest BCUT2D eigenvalue weighted by atomic mass is 32.2. The van der Waals surface area contributed by atoms with E-state index in [4.69, 9.17) is 0 Å². The molecule has 0 aliphatic rings. The molecule has 6 heteroatoms. The normalized spacial score (nSPS) is 11.3. The number of hydrogen-bond acceptors (Lipinski definition) is 3. The Morgan fingerprint density at radius 2 is 1.45 bits per heavy atom. The van der Waals surface area contributed by atoms with Crippen LogP contribution in [0.25, 0.3) is 0 Å². The van der Waals surface area contributed by atoms with Crippen molar-refractivity contribution in [3.63, 3.8) is 0 Å². The molecule has 0 bridgehead atoms.